The molecule has 0 aliphatic rings. The summed E-state index contributed by atoms with van der Waals surface area (Å²) in [6.07, 6.45) is 0.946. The van der Waals surface area contributed by atoms with E-state index in [4.69, 9.17) is 17.3 Å². The Bertz CT molecular complexity index is 402. The van der Waals surface area contributed by atoms with Gasteiger partial charge in [-0.15, -0.1) is 0 Å². The van der Waals surface area contributed by atoms with Gasteiger partial charge in [-0.2, -0.15) is 5.10 Å². The van der Waals surface area contributed by atoms with Crippen LogP contribution in [-0.4, -0.2) is 28.3 Å². The number of rotatable bonds is 6. The molecule has 1 aromatic rings. The molecular weight excluding hydrogens is 240 g/mol. The van der Waals surface area contributed by atoms with Crippen LogP contribution in [0.5, 0.6) is 0 Å². The average Bonchev–Trinajstić information content (AvgIpc) is 2.51. The highest BCUT2D eigenvalue weighted by Gasteiger charge is 2.18. The maximum Gasteiger partial charge on any atom is 0.236 e. The second-order valence-electron chi connectivity index (χ2n) is 4.08. The second kappa shape index (κ2) is 6.02. The maximum absolute atomic E-state index is 11.3. The molecule has 0 fully saturated rings. The molecule has 6 heteroatoms. The SMILES string of the molecule is CCCNC(Cn1nc(C)c(Cl)c1C)C(N)=O. The Balaban J connectivity index is 2.78. The lowest BCUT2D eigenvalue weighted by Gasteiger charge is -2.15. The van der Waals surface area contributed by atoms with Gasteiger partial charge in [0.15, 0.2) is 0 Å². The van der Waals surface area contributed by atoms with Crippen molar-refractivity contribution in [3.05, 3.63) is 16.4 Å². The second-order valence-corrected chi connectivity index (χ2v) is 4.45. The molecule has 0 aliphatic carbocycles. The third-order valence-corrected chi connectivity index (χ3v) is 3.18. The number of aromatic nitrogens is 2. The molecule has 1 amide bonds. The number of nitrogens with one attached hydrogen (secondary N) is 1. The Kier molecular flexibility index (Phi) is 4.96. The molecule has 1 atom stereocenters. The molecule has 0 saturated heterocycles. The number of primary amides is 1. The van der Waals surface area contributed by atoms with E-state index in [0.29, 0.717) is 11.6 Å². The average molecular weight is 259 g/mol. The van der Waals surface area contributed by atoms with Crippen molar-refractivity contribution in [2.45, 2.75) is 39.8 Å². The zero-order valence-corrected chi connectivity index (χ0v) is 11.2. The third-order valence-electron chi connectivity index (χ3n) is 2.63. The standard InChI is InChI=1S/C11H19ClN4O/c1-4-5-14-9(11(13)17)6-16-8(3)10(12)7(2)15-16/h9,14H,4-6H2,1-3H3,(H2,13,17). The molecule has 1 rings (SSSR count). The van der Waals surface area contributed by atoms with Gasteiger partial charge in [-0.05, 0) is 26.8 Å². The van der Waals surface area contributed by atoms with E-state index in [0.717, 1.165) is 24.4 Å². The Morgan fingerprint density at radius 1 is 1.59 bits per heavy atom. The first kappa shape index (κ1) is 14.0. The van der Waals surface area contributed by atoms with Crippen LogP contribution in [0.25, 0.3) is 0 Å². The number of nitrogens with two attached hydrogens (primary N) is 1. The van der Waals surface area contributed by atoms with Crippen molar-refractivity contribution < 1.29 is 4.79 Å². The van der Waals surface area contributed by atoms with Crippen LogP contribution in [0.3, 0.4) is 0 Å². The summed E-state index contributed by atoms with van der Waals surface area (Å²) < 4.78 is 1.72. The fraction of sp³-hybridized carbons (Fsp3) is 0.636. The predicted octanol–water partition coefficient (Wildman–Crippen LogP) is 1.01. The number of hydrogen-bond acceptors (Lipinski definition) is 3. The summed E-state index contributed by atoms with van der Waals surface area (Å²) in [5, 5.41) is 8.01. The lowest BCUT2D eigenvalue weighted by molar-refractivity contribution is -0.120. The van der Waals surface area contributed by atoms with Gasteiger partial charge in [-0.25, -0.2) is 0 Å². The van der Waals surface area contributed by atoms with Gasteiger partial charge in [0.2, 0.25) is 5.91 Å². The number of aryl methyl sites for hydroxylation is 1. The van der Waals surface area contributed by atoms with Crippen LogP contribution >= 0.6 is 11.6 Å². The van der Waals surface area contributed by atoms with E-state index >= 15 is 0 Å². The van der Waals surface area contributed by atoms with Crippen molar-refractivity contribution >= 4 is 17.5 Å². The van der Waals surface area contributed by atoms with Crippen molar-refractivity contribution in [2.24, 2.45) is 5.73 Å². The summed E-state index contributed by atoms with van der Waals surface area (Å²) in [5.41, 5.74) is 6.97. The van der Waals surface area contributed by atoms with E-state index in [2.05, 4.69) is 10.4 Å². The first-order chi connectivity index (χ1) is 7.97. The van der Waals surface area contributed by atoms with Gasteiger partial charge in [-0.3, -0.25) is 9.48 Å². The van der Waals surface area contributed by atoms with Gasteiger partial charge in [0.1, 0.15) is 6.04 Å². The van der Waals surface area contributed by atoms with Crippen LogP contribution in [-0.2, 0) is 11.3 Å². The molecule has 3 N–H and O–H groups in total. The van der Waals surface area contributed by atoms with E-state index < -0.39 is 6.04 Å². The summed E-state index contributed by atoms with van der Waals surface area (Å²) in [4.78, 5) is 11.3. The molecule has 1 heterocycles. The van der Waals surface area contributed by atoms with Crippen LogP contribution < -0.4 is 11.1 Å². The minimum Gasteiger partial charge on any atom is -0.368 e. The molecule has 17 heavy (non-hydrogen) atoms. The molecule has 0 spiro atoms. The molecule has 96 valence electrons. The smallest absolute Gasteiger partial charge is 0.236 e. The number of amides is 1. The van der Waals surface area contributed by atoms with E-state index in [1.54, 1.807) is 4.68 Å². The highest BCUT2D eigenvalue weighted by atomic mass is 35.5. The van der Waals surface area contributed by atoms with Crippen molar-refractivity contribution in [1.82, 2.24) is 15.1 Å². The lowest BCUT2D eigenvalue weighted by Crippen LogP contribution is -2.44. The number of carbonyl (C=O) groups excluding carboxylic acids is 1. The minimum atomic E-state index is -0.413. The van der Waals surface area contributed by atoms with E-state index in [9.17, 15) is 4.79 Å². The van der Waals surface area contributed by atoms with Crippen LogP contribution in [0, 0.1) is 13.8 Å². The Morgan fingerprint density at radius 3 is 2.65 bits per heavy atom. The predicted molar refractivity (Wildman–Crippen MR) is 68.0 cm³/mol. The van der Waals surface area contributed by atoms with Crippen LogP contribution in [0.4, 0.5) is 0 Å². The van der Waals surface area contributed by atoms with Crippen LogP contribution in [0.15, 0.2) is 0 Å². The largest absolute Gasteiger partial charge is 0.368 e. The van der Waals surface area contributed by atoms with Gasteiger partial charge in [0.05, 0.1) is 23.0 Å². The van der Waals surface area contributed by atoms with E-state index in [1.165, 1.54) is 0 Å². The topological polar surface area (TPSA) is 72.9 Å². The monoisotopic (exact) mass is 258 g/mol. The highest BCUT2D eigenvalue weighted by molar-refractivity contribution is 6.31. The minimum absolute atomic E-state index is 0.373. The van der Waals surface area contributed by atoms with Gasteiger partial charge >= 0.3 is 0 Å². The van der Waals surface area contributed by atoms with Gasteiger partial charge < -0.3 is 11.1 Å². The molecule has 0 radical (unpaired) electrons. The van der Waals surface area contributed by atoms with Gasteiger partial charge in [-0.1, -0.05) is 18.5 Å². The van der Waals surface area contributed by atoms with Gasteiger partial charge in [0, 0.05) is 0 Å². The van der Waals surface area contributed by atoms with Crippen molar-refractivity contribution in [1.29, 1.82) is 0 Å². The molecule has 5 nitrogen and oxygen atoms in total. The first-order valence-corrected chi connectivity index (χ1v) is 6.07. The molecule has 1 aromatic heterocycles. The first-order valence-electron chi connectivity index (χ1n) is 5.69. The number of carbonyl (C=O) groups is 1. The van der Waals surface area contributed by atoms with E-state index in [-0.39, 0.29) is 5.91 Å². The number of nitrogens with zero attached hydrogens (tertiary/aromatic N) is 2. The Morgan fingerprint density at radius 2 is 2.24 bits per heavy atom. The lowest BCUT2D eigenvalue weighted by atomic mass is 10.2. The summed E-state index contributed by atoms with van der Waals surface area (Å²) in [7, 11) is 0. The zero-order valence-electron chi connectivity index (χ0n) is 10.5. The third kappa shape index (κ3) is 3.44. The van der Waals surface area contributed by atoms with Gasteiger partial charge in [0.25, 0.3) is 0 Å². The van der Waals surface area contributed by atoms with Crippen molar-refractivity contribution in [2.75, 3.05) is 6.54 Å². The molecule has 0 bridgehead atoms. The Labute approximate surface area is 106 Å². The maximum atomic E-state index is 11.3. The van der Waals surface area contributed by atoms with E-state index in [1.807, 2.05) is 20.8 Å². The summed E-state index contributed by atoms with van der Waals surface area (Å²) in [6.45, 7) is 6.91. The molecular formula is C11H19ClN4O. The van der Waals surface area contributed by atoms with Crippen LogP contribution in [0.1, 0.15) is 24.7 Å². The van der Waals surface area contributed by atoms with Crippen molar-refractivity contribution in [3.63, 3.8) is 0 Å². The summed E-state index contributed by atoms with van der Waals surface area (Å²) in [6, 6.07) is -0.413. The summed E-state index contributed by atoms with van der Waals surface area (Å²) in [5.74, 6) is -0.373. The molecule has 0 aliphatic heterocycles. The van der Waals surface area contributed by atoms with Crippen molar-refractivity contribution in [3.8, 4) is 0 Å². The zero-order chi connectivity index (χ0) is 13.0. The highest BCUT2D eigenvalue weighted by Crippen LogP contribution is 2.18. The fourth-order valence-corrected chi connectivity index (χ4v) is 1.73. The quantitative estimate of drug-likeness (QED) is 0.800. The molecule has 0 aromatic carbocycles. The molecule has 0 saturated carbocycles. The normalized spacial score (nSPS) is 12.7. The van der Waals surface area contributed by atoms with Crippen LogP contribution in [0.2, 0.25) is 5.02 Å². The Hall–Kier alpha value is -1.07. The fourth-order valence-electron chi connectivity index (χ4n) is 1.60. The summed E-state index contributed by atoms with van der Waals surface area (Å²) >= 11 is 6.05. The number of hydrogen-bond donors (Lipinski definition) is 2. The number of halogens is 1. The molecule has 1 unspecified atom stereocenters.